The van der Waals surface area contributed by atoms with Gasteiger partial charge in [-0.15, -0.1) is 11.3 Å². The SMILES string of the molecule is O=C(O)N1CC(F)C(N2CCCc3cc(Cl)cc(-c4ccnc5cc(CO)sc45)c32)C1. The number of aliphatic hydroxyl groups excluding tert-OH is 1. The number of amides is 1. The average molecular weight is 462 g/mol. The highest BCUT2D eigenvalue weighted by molar-refractivity contribution is 7.19. The summed E-state index contributed by atoms with van der Waals surface area (Å²) in [6.45, 7) is 0.619. The number of anilines is 1. The number of pyridine rings is 1. The van der Waals surface area contributed by atoms with Crippen LogP contribution in [0.4, 0.5) is 14.9 Å². The molecule has 31 heavy (non-hydrogen) atoms. The van der Waals surface area contributed by atoms with E-state index in [2.05, 4.69) is 4.98 Å². The number of hydrogen-bond donors (Lipinski definition) is 2. The third-order valence-corrected chi connectivity index (χ3v) is 7.45. The van der Waals surface area contributed by atoms with Crippen molar-refractivity contribution in [2.24, 2.45) is 0 Å². The molecule has 162 valence electrons. The lowest BCUT2D eigenvalue weighted by Crippen LogP contribution is -2.45. The zero-order chi connectivity index (χ0) is 21.7. The Hall–Kier alpha value is -2.42. The Morgan fingerprint density at radius 1 is 1.29 bits per heavy atom. The highest BCUT2D eigenvalue weighted by Crippen LogP contribution is 2.45. The number of aliphatic hydroxyl groups is 1. The monoisotopic (exact) mass is 461 g/mol. The predicted octanol–water partition coefficient (Wildman–Crippen LogP) is 4.56. The number of halogens is 2. The zero-order valence-corrected chi connectivity index (χ0v) is 18.2. The smallest absolute Gasteiger partial charge is 0.407 e. The fourth-order valence-corrected chi connectivity index (χ4v) is 5.99. The lowest BCUT2D eigenvalue weighted by molar-refractivity contribution is 0.152. The minimum absolute atomic E-state index is 0.0587. The molecule has 1 amide bonds. The van der Waals surface area contributed by atoms with Crippen molar-refractivity contribution < 1.29 is 19.4 Å². The molecule has 2 unspecified atom stereocenters. The van der Waals surface area contributed by atoms with Crippen molar-refractivity contribution >= 4 is 44.9 Å². The van der Waals surface area contributed by atoms with E-state index in [1.54, 1.807) is 6.20 Å². The highest BCUT2D eigenvalue weighted by Gasteiger charge is 2.41. The lowest BCUT2D eigenvalue weighted by atomic mass is 9.92. The minimum Gasteiger partial charge on any atom is -0.465 e. The van der Waals surface area contributed by atoms with Gasteiger partial charge in [0.05, 0.1) is 29.4 Å². The maximum Gasteiger partial charge on any atom is 0.407 e. The van der Waals surface area contributed by atoms with Gasteiger partial charge in [0.2, 0.25) is 0 Å². The standard InChI is InChI=1S/C22H21ClFN3O3S/c23-13-6-12-2-1-5-27(19-10-26(22(29)30)9-17(19)24)20(12)16(7-13)15-3-4-25-18-8-14(11-28)31-21(15)18/h3-4,6-8,17,19,28H,1-2,5,9-11H2,(H,29,30). The second-order valence-electron chi connectivity index (χ2n) is 7.97. The zero-order valence-electron chi connectivity index (χ0n) is 16.6. The van der Waals surface area contributed by atoms with Gasteiger partial charge in [-0.3, -0.25) is 4.98 Å². The molecule has 0 radical (unpaired) electrons. The van der Waals surface area contributed by atoms with Crippen LogP contribution in [-0.4, -0.2) is 58.0 Å². The van der Waals surface area contributed by atoms with Crippen molar-refractivity contribution in [2.75, 3.05) is 24.5 Å². The van der Waals surface area contributed by atoms with E-state index in [4.69, 9.17) is 11.6 Å². The summed E-state index contributed by atoms with van der Waals surface area (Å²) in [5.74, 6) is 0. The Bertz CT molecular complexity index is 1170. The van der Waals surface area contributed by atoms with Crippen molar-refractivity contribution in [3.63, 3.8) is 0 Å². The van der Waals surface area contributed by atoms with Crippen LogP contribution >= 0.6 is 22.9 Å². The first-order valence-corrected chi connectivity index (χ1v) is 11.4. The lowest BCUT2D eigenvalue weighted by Gasteiger charge is -2.38. The molecule has 2 aliphatic heterocycles. The Kier molecular flexibility index (Phi) is 5.24. The second kappa shape index (κ2) is 7.93. The molecule has 0 saturated carbocycles. The molecule has 2 aromatic heterocycles. The van der Waals surface area contributed by atoms with Gasteiger partial charge < -0.3 is 20.0 Å². The number of alkyl halides is 1. The van der Waals surface area contributed by atoms with E-state index in [-0.39, 0.29) is 19.7 Å². The molecule has 9 heteroatoms. The number of carbonyl (C=O) groups is 1. The largest absolute Gasteiger partial charge is 0.465 e. The van der Waals surface area contributed by atoms with Crippen molar-refractivity contribution in [2.45, 2.75) is 31.7 Å². The fourth-order valence-electron chi connectivity index (χ4n) is 4.75. The summed E-state index contributed by atoms with van der Waals surface area (Å²) in [5, 5.41) is 19.5. The number of likely N-dealkylation sites (tertiary alicyclic amines) is 1. The summed E-state index contributed by atoms with van der Waals surface area (Å²) >= 11 is 7.96. The quantitative estimate of drug-likeness (QED) is 0.597. The van der Waals surface area contributed by atoms with Gasteiger partial charge in [0.15, 0.2) is 0 Å². The molecule has 1 aromatic carbocycles. The molecule has 2 aliphatic rings. The Morgan fingerprint density at radius 2 is 2.13 bits per heavy atom. The summed E-state index contributed by atoms with van der Waals surface area (Å²) in [6.07, 6.45) is 1.05. The molecule has 1 saturated heterocycles. The van der Waals surface area contributed by atoms with Gasteiger partial charge in [-0.2, -0.15) is 0 Å². The molecule has 2 atom stereocenters. The number of benzene rings is 1. The summed E-state index contributed by atoms with van der Waals surface area (Å²) in [5.41, 5.74) is 4.58. The summed E-state index contributed by atoms with van der Waals surface area (Å²) in [4.78, 5) is 19.9. The fraction of sp³-hybridized carbons (Fsp3) is 0.364. The van der Waals surface area contributed by atoms with E-state index in [1.807, 2.05) is 29.2 Å². The minimum atomic E-state index is -1.26. The molecule has 4 heterocycles. The van der Waals surface area contributed by atoms with Crippen molar-refractivity contribution in [1.29, 1.82) is 0 Å². The highest BCUT2D eigenvalue weighted by atomic mass is 35.5. The number of aryl methyl sites for hydroxylation is 1. The molecular weight excluding hydrogens is 441 g/mol. The molecule has 0 aliphatic carbocycles. The van der Waals surface area contributed by atoms with Crippen molar-refractivity contribution in [3.05, 3.63) is 45.9 Å². The van der Waals surface area contributed by atoms with Crippen LogP contribution in [0.15, 0.2) is 30.5 Å². The van der Waals surface area contributed by atoms with Gasteiger partial charge in [-0.05, 0) is 42.7 Å². The maximum atomic E-state index is 15.0. The topological polar surface area (TPSA) is 76.9 Å². The number of hydrogen-bond acceptors (Lipinski definition) is 5. The third kappa shape index (κ3) is 3.52. The van der Waals surface area contributed by atoms with Crippen LogP contribution in [0.1, 0.15) is 16.9 Å². The van der Waals surface area contributed by atoms with E-state index < -0.39 is 18.3 Å². The summed E-state index contributed by atoms with van der Waals surface area (Å²) in [6, 6.07) is 7.07. The van der Waals surface area contributed by atoms with Crippen molar-refractivity contribution in [1.82, 2.24) is 9.88 Å². The Balaban J connectivity index is 1.67. The average Bonchev–Trinajstić information content (AvgIpc) is 3.35. The van der Waals surface area contributed by atoms with Gasteiger partial charge >= 0.3 is 6.09 Å². The Morgan fingerprint density at radius 3 is 2.87 bits per heavy atom. The van der Waals surface area contributed by atoms with Crippen LogP contribution in [0.25, 0.3) is 21.3 Å². The molecule has 6 nitrogen and oxygen atoms in total. The number of thiophene rings is 1. The molecule has 5 rings (SSSR count). The van der Waals surface area contributed by atoms with Crippen LogP contribution in [0, 0.1) is 0 Å². The maximum absolute atomic E-state index is 15.0. The first-order valence-electron chi connectivity index (χ1n) is 10.2. The molecule has 3 aromatic rings. The van der Waals surface area contributed by atoms with E-state index >= 15 is 0 Å². The third-order valence-electron chi connectivity index (χ3n) is 6.09. The van der Waals surface area contributed by atoms with Gasteiger partial charge in [0.25, 0.3) is 0 Å². The van der Waals surface area contributed by atoms with E-state index in [0.29, 0.717) is 11.6 Å². The molecule has 0 spiro atoms. The van der Waals surface area contributed by atoms with Gasteiger partial charge in [-0.25, -0.2) is 9.18 Å². The van der Waals surface area contributed by atoms with Gasteiger partial charge in [-0.1, -0.05) is 11.6 Å². The number of carboxylic acid groups (broad SMARTS) is 1. The molecular formula is C22H21ClFN3O3S. The second-order valence-corrected chi connectivity index (χ2v) is 9.55. The molecule has 2 N–H and O–H groups in total. The van der Waals surface area contributed by atoms with E-state index in [9.17, 15) is 19.4 Å². The van der Waals surface area contributed by atoms with Crippen LogP contribution < -0.4 is 4.90 Å². The molecule has 0 bridgehead atoms. The van der Waals surface area contributed by atoms with Gasteiger partial charge in [0, 0.05) is 46.0 Å². The van der Waals surface area contributed by atoms with E-state index in [0.717, 1.165) is 55.2 Å². The van der Waals surface area contributed by atoms with Crippen LogP contribution in [0.2, 0.25) is 5.02 Å². The normalized spacial score (nSPS) is 21.0. The number of rotatable bonds is 3. The van der Waals surface area contributed by atoms with E-state index in [1.165, 1.54) is 11.3 Å². The van der Waals surface area contributed by atoms with Crippen LogP contribution in [0.5, 0.6) is 0 Å². The summed E-state index contributed by atoms with van der Waals surface area (Å²) in [7, 11) is 0. The van der Waals surface area contributed by atoms with Crippen molar-refractivity contribution in [3.8, 4) is 11.1 Å². The Labute approximate surface area is 187 Å². The van der Waals surface area contributed by atoms with Crippen LogP contribution in [0.3, 0.4) is 0 Å². The predicted molar refractivity (Wildman–Crippen MR) is 120 cm³/mol. The van der Waals surface area contributed by atoms with Crippen LogP contribution in [-0.2, 0) is 13.0 Å². The number of aromatic nitrogens is 1. The van der Waals surface area contributed by atoms with Gasteiger partial charge in [0.1, 0.15) is 6.17 Å². The number of nitrogens with zero attached hydrogens (tertiary/aromatic N) is 3. The first kappa shape index (κ1) is 20.5. The first-order chi connectivity index (χ1) is 15.0. The summed E-state index contributed by atoms with van der Waals surface area (Å²) < 4.78 is 15.9. The number of fused-ring (bicyclic) bond motifs is 2. The molecule has 1 fully saturated rings.